The smallest absolute Gasteiger partial charge is 0.0450 e. The van der Waals surface area contributed by atoms with Crippen LogP contribution in [0.2, 0.25) is 5.02 Å². The molecule has 0 unspecified atom stereocenters. The van der Waals surface area contributed by atoms with E-state index < -0.39 is 0 Å². The first kappa shape index (κ1) is 12.5. The fourth-order valence-electron chi connectivity index (χ4n) is 2.80. The lowest BCUT2D eigenvalue weighted by molar-refractivity contribution is 0.189. The summed E-state index contributed by atoms with van der Waals surface area (Å²) in [5, 5.41) is 4.52. The molecule has 1 heterocycles. The lowest BCUT2D eigenvalue weighted by Crippen LogP contribution is -2.43. The molecule has 0 amide bonds. The Kier molecular flexibility index (Phi) is 3.88. The second kappa shape index (κ2) is 5.60. The van der Waals surface area contributed by atoms with E-state index >= 15 is 0 Å². The summed E-state index contributed by atoms with van der Waals surface area (Å²) in [6, 6.07) is 9.70. The van der Waals surface area contributed by atoms with Gasteiger partial charge in [0.1, 0.15) is 0 Å². The highest BCUT2D eigenvalue weighted by atomic mass is 35.5. The minimum absolute atomic E-state index is 0.663. The molecule has 0 aromatic heterocycles. The van der Waals surface area contributed by atoms with E-state index in [-0.39, 0.29) is 0 Å². The monoisotopic (exact) mass is 264 g/mol. The zero-order chi connectivity index (χ0) is 12.4. The molecular formula is C15H21ClN2. The van der Waals surface area contributed by atoms with Gasteiger partial charge in [-0.2, -0.15) is 0 Å². The van der Waals surface area contributed by atoms with Crippen molar-refractivity contribution in [3.8, 4) is 0 Å². The Morgan fingerprint density at radius 2 is 1.83 bits per heavy atom. The van der Waals surface area contributed by atoms with Crippen molar-refractivity contribution in [2.45, 2.75) is 44.3 Å². The molecular weight excluding hydrogens is 244 g/mol. The highest BCUT2D eigenvalue weighted by Crippen LogP contribution is 2.29. The summed E-state index contributed by atoms with van der Waals surface area (Å²) in [6.07, 6.45) is 5.41. The number of nitrogens with one attached hydrogen (secondary N) is 1. The number of benzene rings is 1. The van der Waals surface area contributed by atoms with Gasteiger partial charge < -0.3 is 10.2 Å². The molecule has 1 aromatic carbocycles. The lowest BCUT2D eigenvalue weighted by atomic mass is 10.0. The Hall–Kier alpha value is -0.570. The van der Waals surface area contributed by atoms with E-state index in [1.165, 1.54) is 44.3 Å². The number of likely N-dealkylation sites (tertiary alicyclic amines) is 1. The van der Waals surface area contributed by atoms with Crippen molar-refractivity contribution < 1.29 is 0 Å². The molecule has 1 aromatic rings. The zero-order valence-electron chi connectivity index (χ0n) is 10.7. The van der Waals surface area contributed by atoms with Crippen LogP contribution in [0.1, 0.15) is 31.2 Å². The van der Waals surface area contributed by atoms with Crippen LogP contribution in [-0.4, -0.2) is 30.1 Å². The van der Waals surface area contributed by atoms with E-state index in [1.807, 2.05) is 12.1 Å². The number of halogens is 1. The van der Waals surface area contributed by atoms with Crippen molar-refractivity contribution in [2.24, 2.45) is 0 Å². The Labute approximate surface area is 114 Å². The second-order valence-corrected chi connectivity index (χ2v) is 5.92. The predicted octanol–water partition coefficient (Wildman–Crippen LogP) is 3.06. The topological polar surface area (TPSA) is 15.3 Å². The first-order valence-corrected chi connectivity index (χ1v) is 7.41. The second-order valence-electron chi connectivity index (χ2n) is 5.51. The van der Waals surface area contributed by atoms with Crippen molar-refractivity contribution in [3.05, 3.63) is 34.9 Å². The number of rotatable bonds is 4. The molecule has 2 fully saturated rings. The third kappa shape index (κ3) is 3.05. The molecule has 0 radical (unpaired) electrons. The number of hydrogen-bond donors (Lipinski definition) is 1. The minimum atomic E-state index is 0.663. The molecule has 3 heteroatoms. The molecule has 1 aliphatic carbocycles. The quantitative estimate of drug-likeness (QED) is 0.899. The Bertz CT molecular complexity index is 395. The molecule has 0 spiro atoms. The molecule has 0 atom stereocenters. The van der Waals surface area contributed by atoms with Crippen molar-refractivity contribution in [1.29, 1.82) is 0 Å². The van der Waals surface area contributed by atoms with E-state index in [0.29, 0.717) is 6.04 Å². The molecule has 2 aliphatic rings. The SMILES string of the molecule is Clc1ccccc1CNC1CCN(C2CC2)CC1. The van der Waals surface area contributed by atoms with Gasteiger partial charge in [0, 0.05) is 23.7 Å². The Balaban J connectivity index is 1.45. The first-order chi connectivity index (χ1) is 8.83. The molecule has 3 rings (SSSR count). The van der Waals surface area contributed by atoms with Gasteiger partial charge in [0.25, 0.3) is 0 Å². The van der Waals surface area contributed by atoms with Crippen LogP contribution in [0.4, 0.5) is 0 Å². The maximum absolute atomic E-state index is 6.17. The van der Waals surface area contributed by atoms with Gasteiger partial charge in [0.2, 0.25) is 0 Å². The average molecular weight is 265 g/mol. The fourth-order valence-corrected chi connectivity index (χ4v) is 3.01. The van der Waals surface area contributed by atoms with Crippen LogP contribution in [0.3, 0.4) is 0 Å². The Morgan fingerprint density at radius 1 is 1.11 bits per heavy atom. The highest BCUT2D eigenvalue weighted by molar-refractivity contribution is 6.31. The minimum Gasteiger partial charge on any atom is -0.310 e. The van der Waals surface area contributed by atoms with Crippen LogP contribution in [0.5, 0.6) is 0 Å². The lowest BCUT2D eigenvalue weighted by Gasteiger charge is -2.32. The summed E-state index contributed by atoms with van der Waals surface area (Å²) in [5.41, 5.74) is 1.21. The van der Waals surface area contributed by atoms with E-state index in [4.69, 9.17) is 11.6 Å². The molecule has 18 heavy (non-hydrogen) atoms. The van der Waals surface area contributed by atoms with E-state index in [1.54, 1.807) is 0 Å². The van der Waals surface area contributed by atoms with Gasteiger partial charge in [-0.3, -0.25) is 0 Å². The zero-order valence-corrected chi connectivity index (χ0v) is 11.5. The summed E-state index contributed by atoms with van der Waals surface area (Å²) in [4.78, 5) is 2.66. The average Bonchev–Trinajstić information content (AvgIpc) is 3.23. The maximum atomic E-state index is 6.17. The highest BCUT2D eigenvalue weighted by Gasteiger charge is 2.31. The third-order valence-electron chi connectivity index (χ3n) is 4.13. The van der Waals surface area contributed by atoms with Gasteiger partial charge in [0.05, 0.1) is 0 Å². The molecule has 0 bridgehead atoms. The van der Waals surface area contributed by atoms with Gasteiger partial charge in [0.15, 0.2) is 0 Å². The molecule has 98 valence electrons. The van der Waals surface area contributed by atoms with Gasteiger partial charge in [-0.15, -0.1) is 0 Å². The normalized spacial score (nSPS) is 22.3. The van der Waals surface area contributed by atoms with Crippen molar-refractivity contribution in [2.75, 3.05) is 13.1 Å². The van der Waals surface area contributed by atoms with Crippen LogP contribution in [0, 0.1) is 0 Å². The summed E-state index contributed by atoms with van der Waals surface area (Å²) < 4.78 is 0. The molecule has 2 nitrogen and oxygen atoms in total. The summed E-state index contributed by atoms with van der Waals surface area (Å²) >= 11 is 6.17. The largest absolute Gasteiger partial charge is 0.310 e. The molecule has 1 N–H and O–H groups in total. The maximum Gasteiger partial charge on any atom is 0.0450 e. The van der Waals surface area contributed by atoms with Crippen LogP contribution in [0.15, 0.2) is 24.3 Å². The van der Waals surface area contributed by atoms with Gasteiger partial charge in [-0.05, 0) is 50.4 Å². The first-order valence-electron chi connectivity index (χ1n) is 7.04. The van der Waals surface area contributed by atoms with Crippen molar-refractivity contribution in [1.82, 2.24) is 10.2 Å². The number of nitrogens with zero attached hydrogens (tertiary/aromatic N) is 1. The summed E-state index contributed by atoms with van der Waals surface area (Å²) in [6.45, 7) is 3.43. The van der Waals surface area contributed by atoms with E-state index in [0.717, 1.165) is 17.6 Å². The summed E-state index contributed by atoms with van der Waals surface area (Å²) in [5.74, 6) is 0. The van der Waals surface area contributed by atoms with Gasteiger partial charge >= 0.3 is 0 Å². The molecule has 1 saturated heterocycles. The summed E-state index contributed by atoms with van der Waals surface area (Å²) in [7, 11) is 0. The van der Waals surface area contributed by atoms with E-state index in [9.17, 15) is 0 Å². The van der Waals surface area contributed by atoms with Gasteiger partial charge in [-0.25, -0.2) is 0 Å². The van der Waals surface area contributed by atoms with Crippen LogP contribution in [0.25, 0.3) is 0 Å². The van der Waals surface area contributed by atoms with Crippen molar-refractivity contribution in [3.63, 3.8) is 0 Å². The van der Waals surface area contributed by atoms with Crippen LogP contribution in [-0.2, 0) is 6.54 Å². The fraction of sp³-hybridized carbons (Fsp3) is 0.600. The van der Waals surface area contributed by atoms with E-state index in [2.05, 4.69) is 22.3 Å². The number of piperidine rings is 1. The standard InChI is InChI=1S/C15H21ClN2/c16-15-4-2-1-3-12(15)11-17-13-7-9-18(10-8-13)14-5-6-14/h1-4,13-14,17H,5-11H2. The van der Waals surface area contributed by atoms with Crippen molar-refractivity contribution >= 4 is 11.6 Å². The molecule has 1 saturated carbocycles. The van der Waals surface area contributed by atoms with Crippen LogP contribution < -0.4 is 5.32 Å². The van der Waals surface area contributed by atoms with Crippen LogP contribution >= 0.6 is 11.6 Å². The number of hydrogen-bond acceptors (Lipinski definition) is 2. The third-order valence-corrected chi connectivity index (χ3v) is 4.50. The predicted molar refractivity (Wildman–Crippen MR) is 75.9 cm³/mol. The molecule has 1 aliphatic heterocycles. The Morgan fingerprint density at radius 3 is 2.50 bits per heavy atom. The van der Waals surface area contributed by atoms with Gasteiger partial charge in [-0.1, -0.05) is 29.8 Å².